The molecule has 1 aromatic rings. The van der Waals surface area contributed by atoms with Crippen LogP contribution in [0.1, 0.15) is 39.2 Å². The highest BCUT2D eigenvalue weighted by Crippen LogP contribution is 2.34. The molecule has 20 heavy (non-hydrogen) atoms. The summed E-state index contributed by atoms with van der Waals surface area (Å²) in [6.07, 6.45) is 3.93. The first-order valence-corrected chi connectivity index (χ1v) is 7.23. The number of aromatic nitrogens is 2. The number of nitrogens with two attached hydrogens (primary N) is 1. The lowest BCUT2D eigenvalue weighted by Crippen LogP contribution is -2.49. The lowest BCUT2D eigenvalue weighted by Gasteiger charge is -2.42. The van der Waals surface area contributed by atoms with Crippen LogP contribution in [-0.2, 0) is 6.42 Å². The zero-order chi connectivity index (χ0) is 14.8. The molecule has 1 unspecified atom stereocenters. The van der Waals surface area contributed by atoms with Gasteiger partial charge in [0.05, 0.1) is 6.10 Å². The van der Waals surface area contributed by atoms with Crippen molar-refractivity contribution in [3.8, 4) is 0 Å². The summed E-state index contributed by atoms with van der Waals surface area (Å²) in [5.41, 5.74) is 3.59. The normalized spacial score (nSPS) is 21.9. The van der Waals surface area contributed by atoms with Crippen molar-refractivity contribution in [2.24, 2.45) is 11.3 Å². The minimum absolute atomic E-state index is 0.136. The molecule has 1 aliphatic heterocycles. The van der Waals surface area contributed by atoms with Gasteiger partial charge >= 0.3 is 0 Å². The van der Waals surface area contributed by atoms with Gasteiger partial charge in [-0.1, -0.05) is 27.2 Å². The summed E-state index contributed by atoms with van der Waals surface area (Å²) < 4.78 is 0. The first kappa shape index (κ1) is 15.0. The van der Waals surface area contributed by atoms with Crippen LogP contribution in [0.2, 0.25) is 0 Å². The van der Waals surface area contributed by atoms with Crippen LogP contribution in [0.4, 0.5) is 11.6 Å². The molecule has 0 amide bonds. The molecule has 1 aliphatic rings. The maximum atomic E-state index is 10.1. The van der Waals surface area contributed by atoms with Crippen LogP contribution in [0, 0.1) is 5.41 Å². The molecule has 0 aliphatic carbocycles. The van der Waals surface area contributed by atoms with E-state index < -0.39 is 0 Å². The molecule has 0 spiro atoms. The Morgan fingerprint density at radius 1 is 1.50 bits per heavy atom. The van der Waals surface area contributed by atoms with Crippen molar-refractivity contribution >= 4 is 11.6 Å². The molecule has 0 saturated carbocycles. The van der Waals surface area contributed by atoms with E-state index in [1.807, 2.05) is 0 Å². The van der Waals surface area contributed by atoms with E-state index in [4.69, 9.17) is 5.84 Å². The molecule has 0 bridgehead atoms. The Balaban J connectivity index is 2.32. The topological polar surface area (TPSA) is 87.3 Å². The number of hydrogen-bond acceptors (Lipinski definition) is 6. The van der Waals surface area contributed by atoms with Gasteiger partial charge in [-0.3, -0.25) is 0 Å². The maximum absolute atomic E-state index is 10.1. The summed E-state index contributed by atoms with van der Waals surface area (Å²) >= 11 is 0. The van der Waals surface area contributed by atoms with Crippen molar-refractivity contribution < 1.29 is 5.11 Å². The third-order valence-electron chi connectivity index (χ3n) is 4.03. The molecule has 0 aromatic carbocycles. The summed E-state index contributed by atoms with van der Waals surface area (Å²) in [7, 11) is 0. The van der Waals surface area contributed by atoms with Crippen LogP contribution < -0.4 is 16.2 Å². The second-order valence-electron chi connectivity index (χ2n) is 6.13. The van der Waals surface area contributed by atoms with E-state index in [1.54, 1.807) is 6.33 Å². The van der Waals surface area contributed by atoms with E-state index in [0.29, 0.717) is 5.82 Å². The average Bonchev–Trinajstić information content (AvgIpc) is 2.42. The van der Waals surface area contributed by atoms with Gasteiger partial charge in [0.15, 0.2) is 0 Å². The highest BCUT2D eigenvalue weighted by molar-refractivity contribution is 5.58. The number of anilines is 2. The average molecular weight is 279 g/mol. The van der Waals surface area contributed by atoms with E-state index in [9.17, 15) is 5.11 Å². The Hall–Kier alpha value is -1.40. The number of nitrogen functional groups attached to an aromatic ring is 1. The van der Waals surface area contributed by atoms with Gasteiger partial charge in [-0.15, -0.1) is 0 Å². The molecule has 1 saturated heterocycles. The summed E-state index contributed by atoms with van der Waals surface area (Å²) in [6, 6.07) is 0. The van der Waals surface area contributed by atoms with Crippen LogP contribution in [0.25, 0.3) is 0 Å². The number of rotatable bonds is 4. The number of hydrogen-bond donors (Lipinski definition) is 3. The van der Waals surface area contributed by atoms with Crippen molar-refractivity contribution in [2.45, 2.75) is 46.1 Å². The molecule has 4 N–H and O–H groups in total. The zero-order valence-electron chi connectivity index (χ0n) is 12.6. The second kappa shape index (κ2) is 5.93. The van der Waals surface area contributed by atoms with E-state index in [-0.39, 0.29) is 11.5 Å². The van der Waals surface area contributed by atoms with Crippen molar-refractivity contribution in [3.63, 3.8) is 0 Å². The first-order chi connectivity index (χ1) is 9.49. The smallest absolute Gasteiger partial charge is 0.148 e. The SMILES string of the molecule is CCCc1c(NN)ncnc1N1CCC(O)C(C)(C)C1. The number of hydrazine groups is 1. The third-order valence-corrected chi connectivity index (χ3v) is 4.03. The molecule has 1 aromatic heterocycles. The number of aliphatic hydroxyl groups excluding tert-OH is 1. The molecule has 0 radical (unpaired) electrons. The summed E-state index contributed by atoms with van der Waals surface area (Å²) in [4.78, 5) is 10.9. The Morgan fingerprint density at radius 2 is 2.25 bits per heavy atom. The van der Waals surface area contributed by atoms with E-state index in [0.717, 1.165) is 43.7 Å². The molecule has 112 valence electrons. The van der Waals surface area contributed by atoms with Crippen molar-refractivity contribution in [1.29, 1.82) is 0 Å². The standard InChI is InChI=1S/C14H25N5O/c1-4-5-10-12(18-15)16-9-17-13(10)19-7-6-11(20)14(2,3)8-19/h9,11,20H,4-8,15H2,1-3H3,(H,16,17,18). The zero-order valence-corrected chi connectivity index (χ0v) is 12.6. The Morgan fingerprint density at radius 3 is 2.85 bits per heavy atom. The van der Waals surface area contributed by atoms with Crippen LogP contribution in [0.3, 0.4) is 0 Å². The molecular formula is C14H25N5O. The largest absolute Gasteiger partial charge is 0.392 e. The quantitative estimate of drug-likeness (QED) is 0.569. The molecule has 6 nitrogen and oxygen atoms in total. The molecule has 2 rings (SSSR count). The Bertz CT molecular complexity index is 463. The van der Waals surface area contributed by atoms with Crippen LogP contribution >= 0.6 is 0 Å². The predicted molar refractivity (Wildman–Crippen MR) is 80.5 cm³/mol. The monoisotopic (exact) mass is 279 g/mol. The molecule has 1 atom stereocenters. The highest BCUT2D eigenvalue weighted by Gasteiger charge is 2.35. The van der Waals surface area contributed by atoms with E-state index in [1.165, 1.54) is 0 Å². The minimum atomic E-state index is -0.262. The second-order valence-corrected chi connectivity index (χ2v) is 6.13. The van der Waals surface area contributed by atoms with E-state index >= 15 is 0 Å². The minimum Gasteiger partial charge on any atom is -0.392 e. The fourth-order valence-electron chi connectivity index (χ4n) is 2.81. The van der Waals surface area contributed by atoms with E-state index in [2.05, 4.69) is 41.1 Å². The van der Waals surface area contributed by atoms with Gasteiger partial charge in [0.25, 0.3) is 0 Å². The first-order valence-electron chi connectivity index (χ1n) is 7.23. The Labute approximate surface area is 120 Å². The van der Waals surface area contributed by atoms with Crippen molar-refractivity contribution in [1.82, 2.24) is 9.97 Å². The van der Waals surface area contributed by atoms with Gasteiger partial charge in [-0.25, -0.2) is 15.8 Å². The van der Waals surface area contributed by atoms with Gasteiger partial charge in [-0.2, -0.15) is 0 Å². The lowest BCUT2D eigenvalue weighted by atomic mass is 9.81. The van der Waals surface area contributed by atoms with Crippen LogP contribution in [0.15, 0.2) is 6.33 Å². The highest BCUT2D eigenvalue weighted by atomic mass is 16.3. The maximum Gasteiger partial charge on any atom is 0.148 e. The molecular weight excluding hydrogens is 254 g/mol. The van der Waals surface area contributed by atoms with Crippen molar-refractivity contribution in [2.75, 3.05) is 23.4 Å². The number of nitrogens with zero attached hydrogens (tertiary/aromatic N) is 3. The number of nitrogens with one attached hydrogen (secondary N) is 1. The number of piperidine rings is 1. The van der Waals surface area contributed by atoms with Gasteiger partial charge in [0.2, 0.25) is 0 Å². The summed E-state index contributed by atoms with van der Waals surface area (Å²) in [5, 5.41) is 10.1. The molecule has 1 fully saturated rings. The molecule has 2 heterocycles. The van der Waals surface area contributed by atoms with Gasteiger partial charge in [0.1, 0.15) is 18.0 Å². The number of aliphatic hydroxyl groups is 1. The predicted octanol–water partition coefficient (Wildman–Crippen LogP) is 1.31. The fraction of sp³-hybridized carbons (Fsp3) is 0.714. The Kier molecular flexibility index (Phi) is 4.45. The summed E-state index contributed by atoms with van der Waals surface area (Å²) in [5.74, 6) is 7.19. The third kappa shape index (κ3) is 2.86. The lowest BCUT2D eigenvalue weighted by molar-refractivity contribution is 0.0333. The summed E-state index contributed by atoms with van der Waals surface area (Å²) in [6.45, 7) is 7.90. The van der Waals surface area contributed by atoms with Crippen LogP contribution in [-0.4, -0.2) is 34.3 Å². The fourth-order valence-corrected chi connectivity index (χ4v) is 2.81. The van der Waals surface area contributed by atoms with Gasteiger partial charge < -0.3 is 15.4 Å². The van der Waals surface area contributed by atoms with Crippen molar-refractivity contribution in [3.05, 3.63) is 11.9 Å². The van der Waals surface area contributed by atoms with Gasteiger partial charge in [0, 0.05) is 24.1 Å². The van der Waals surface area contributed by atoms with Gasteiger partial charge in [-0.05, 0) is 12.8 Å². The molecule has 6 heteroatoms. The van der Waals surface area contributed by atoms with Crippen LogP contribution in [0.5, 0.6) is 0 Å².